The molecule has 0 aliphatic carbocycles. The highest BCUT2D eigenvalue weighted by molar-refractivity contribution is 5.48. The number of benzene rings is 1. The van der Waals surface area contributed by atoms with Crippen molar-refractivity contribution in [2.24, 2.45) is 0 Å². The van der Waals surface area contributed by atoms with Gasteiger partial charge in [0.15, 0.2) is 0 Å². The summed E-state index contributed by atoms with van der Waals surface area (Å²) in [5.74, 6) is 6.88. The van der Waals surface area contributed by atoms with Crippen LogP contribution in [-0.2, 0) is 6.54 Å². The molecule has 3 nitrogen and oxygen atoms in total. The number of hydrogen-bond acceptors (Lipinski definition) is 3. The van der Waals surface area contributed by atoms with Gasteiger partial charge >= 0.3 is 0 Å². The van der Waals surface area contributed by atoms with Gasteiger partial charge in [-0.15, -0.1) is 0 Å². The van der Waals surface area contributed by atoms with Gasteiger partial charge in [0.2, 0.25) is 0 Å². The number of hydrogen-bond donors (Lipinski definition) is 1. The average molecular weight is 287 g/mol. The van der Waals surface area contributed by atoms with Crippen LogP contribution in [0.1, 0.15) is 43.2 Å². The molecule has 1 aliphatic heterocycles. The Morgan fingerprint density at radius 1 is 1.19 bits per heavy atom. The topological polar surface area (TPSA) is 32.7 Å². The molecule has 0 bridgehead atoms. The van der Waals surface area contributed by atoms with Gasteiger partial charge in [0.25, 0.3) is 0 Å². The average Bonchev–Trinajstić information content (AvgIpc) is 2.76. The van der Waals surface area contributed by atoms with Crippen LogP contribution in [0.5, 0.6) is 5.75 Å². The minimum absolute atomic E-state index is 0.1000. The number of rotatable bonds is 4. The van der Waals surface area contributed by atoms with Gasteiger partial charge in [0, 0.05) is 13.0 Å². The molecule has 1 heterocycles. The van der Waals surface area contributed by atoms with Crippen molar-refractivity contribution in [3.05, 3.63) is 29.3 Å². The molecule has 2 rings (SSSR count). The number of aliphatic hydroxyl groups excluding tert-OH is 1. The molecule has 3 heteroatoms. The van der Waals surface area contributed by atoms with E-state index < -0.39 is 0 Å². The fraction of sp³-hybridized carbons (Fsp3) is 0.556. The van der Waals surface area contributed by atoms with Crippen LogP contribution in [0.4, 0.5) is 0 Å². The standard InChI is InChI=1S/C18H25NO2/c1-21-18-10-9-16(14-17(18)8-4-7-13-20)15-19-11-5-2-3-6-12-19/h9-10,14,20H,2-3,5-7,11-13,15H2,1H3. The van der Waals surface area contributed by atoms with Crippen LogP contribution in [0.2, 0.25) is 0 Å². The van der Waals surface area contributed by atoms with Crippen LogP contribution in [0.3, 0.4) is 0 Å². The molecular weight excluding hydrogens is 262 g/mol. The molecule has 0 saturated carbocycles. The van der Waals surface area contributed by atoms with Gasteiger partial charge in [-0.25, -0.2) is 0 Å². The van der Waals surface area contributed by atoms with E-state index in [9.17, 15) is 0 Å². The van der Waals surface area contributed by atoms with Crippen LogP contribution in [0.25, 0.3) is 0 Å². The summed E-state index contributed by atoms with van der Waals surface area (Å²) >= 11 is 0. The van der Waals surface area contributed by atoms with Gasteiger partial charge in [-0.2, -0.15) is 0 Å². The predicted octanol–water partition coefficient (Wildman–Crippen LogP) is 2.81. The SMILES string of the molecule is COc1ccc(CN2CCCCCC2)cc1C#CCCO. The Labute approximate surface area is 127 Å². The number of methoxy groups -OCH3 is 1. The fourth-order valence-electron chi connectivity index (χ4n) is 2.72. The van der Waals surface area contributed by atoms with Crippen LogP contribution in [-0.4, -0.2) is 36.8 Å². The zero-order valence-corrected chi connectivity index (χ0v) is 12.9. The zero-order valence-electron chi connectivity index (χ0n) is 12.9. The Morgan fingerprint density at radius 2 is 1.95 bits per heavy atom. The van der Waals surface area contributed by atoms with Crippen molar-refractivity contribution in [1.82, 2.24) is 4.90 Å². The highest BCUT2D eigenvalue weighted by Crippen LogP contribution is 2.21. The quantitative estimate of drug-likeness (QED) is 0.864. The first-order valence-corrected chi connectivity index (χ1v) is 7.82. The number of aliphatic hydroxyl groups is 1. The maximum absolute atomic E-state index is 8.83. The number of ether oxygens (including phenoxy) is 1. The van der Waals surface area contributed by atoms with Gasteiger partial charge in [-0.05, 0) is 43.6 Å². The first kappa shape index (κ1) is 15.9. The molecule has 0 radical (unpaired) electrons. The first-order valence-electron chi connectivity index (χ1n) is 7.82. The third-order valence-electron chi connectivity index (χ3n) is 3.83. The predicted molar refractivity (Wildman–Crippen MR) is 85.3 cm³/mol. The fourth-order valence-corrected chi connectivity index (χ4v) is 2.72. The monoisotopic (exact) mass is 287 g/mol. The first-order chi connectivity index (χ1) is 10.3. The van der Waals surface area contributed by atoms with Crippen molar-refractivity contribution in [2.45, 2.75) is 38.6 Å². The Morgan fingerprint density at radius 3 is 2.62 bits per heavy atom. The van der Waals surface area contributed by atoms with Crippen molar-refractivity contribution in [3.8, 4) is 17.6 Å². The molecule has 21 heavy (non-hydrogen) atoms. The molecule has 1 fully saturated rings. The molecule has 0 amide bonds. The minimum atomic E-state index is 0.1000. The molecule has 0 unspecified atom stereocenters. The second kappa shape index (κ2) is 8.71. The summed E-state index contributed by atoms with van der Waals surface area (Å²) in [4.78, 5) is 2.53. The van der Waals surface area contributed by atoms with E-state index in [4.69, 9.17) is 9.84 Å². The van der Waals surface area contributed by atoms with Crippen LogP contribution in [0, 0.1) is 11.8 Å². The molecule has 1 N–H and O–H groups in total. The van der Waals surface area contributed by atoms with Gasteiger partial charge in [-0.3, -0.25) is 4.90 Å². The lowest BCUT2D eigenvalue weighted by molar-refractivity contribution is 0.277. The summed E-state index contributed by atoms with van der Waals surface area (Å²) in [7, 11) is 1.67. The van der Waals surface area contributed by atoms with Crippen molar-refractivity contribution in [1.29, 1.82) is 0 Å². The zero-order chi connectivity index (χ0) is 14.9. The number of nitrogens with zero attached hydrogens (tertiary/aromatic N) is 1. The highest BCUT2D eigenvalue weighted by atomic mass is 16.5. The third kappa shape index (κ3) is 5.08. The Bertz CT molecular complexity index is 494. The molecule has 0 atom stereocenters. The Hall–Kier alpha value is -1.50. The summed E-state index contributed by atoms with van der Waals surface area (Å²) in [5.41, 5.74) is 2.20. The summed E-state index contributed by atoms with van der Waals surface area (Å²) in [6, 6.07) is 6.24. The van der Waals surface area contributed by atoms with Gasteiger partial charge in [0.1, 0.15) is 5.75 Å². The molecule has 1 aliphatic rings. The van der Waals surface area contributed by atoms with Crippen LogP contribution >= 0.6 is 0 Å². The maximum atomic E-state index is 8.83. The van der Waals surface area contributed by atoms with Crippen molar-refractivity contribution in [3.63, 3.8) is 0 Å². The van der Waals surface area contributed by atoms with E-state index in [0.717, 1.165) is 17.9 Å². The lowest BCUT2D eigenvalue weighted by Crippen LogP contribution is -2.23. The van der Waals surface area contributed by atoms with Gasteiger partial charge in [0.05, 0.1) is 19.3 Å². The maximum Gasteiger partial charge on any atom is 0.134 e. The van der Waals surface area contributed by atoms with E-state index in [0.29, 0.717) is 6.42 Å². The van der Waals surface area contributed by atoms with E-state index in [2.05, 4.69) is 28.9 Å². The second-order valence-electron chi connectivity index (χ2n) is 5.50. The van der Waals surface area contributed by atoms with E-state index in [1.54, 1.807) is 7.11 Å². The molecule has 1 aromatic rings. The summed E-state index contributed by atoms with van der Waals surface area (Å²) in [6.45, 7) is 3.47. The molecule has 114 valence electrons. The molecule has 1 saturated heterocycles. The van der Waals surface area contributed by atoms with E-state index in [1.807, 2.05) is 6.07 Å². The summed E-state index contributed by atoms with van der Waals surface area (Å²) < 4.78 is 5.36. The molecule has 0 aromatic heterocycles. The van der Waals surface area contributed by atoms with Gasteiger partial charge < -0.3 is 9.84 Å². The largest absolute Gasteiger partial charge is 0.495 e. The van der Waals surface area contributed by atoms with Crippen molar-refractivity contribution >= 4 is 0 Å². The summed E-state index contributed by atoms with van der Waals surface area (Å²) in [6.07, 6.45) is 5.83. The van der Waals surface area contributed by atoms with Crippen LogP contribution in [0.15, 0.2) is 18.2 Å². The Kier molecular flexibility index (Phi) is 6.59. The van der Waals surface area contributed by atoms with Crippen molar-refractivity contribution < 1.29 is 9.84 Å². The molecule has 0 spiro atoms. The van der Waals surface area contributed by atoms with E-state index >= 15 is 0 Å². The van der Waals surface area contributed by atoms with E-state index in [1.165, 1.54) is 44.3 Å². The second-order valence-corrected chi connectivity index (χ2v) is 5.50. The smallest absolute Gasteiger partial charge is 0.134 e. The highest BCUT2D eigenvalue weighted by Gasteiger charge is 2.10. The minimum Gasteiger partial charge on any atom is -0.495 e. The lowest BCUT2D eigenvalue weighted by Gasteiger charge is -2.20. The van der Waals surface area contributed by atoms with Crippen LogP contribution < -0.4 is 4.74 Å². The number of likely N-dealkylation sites (tertiary alicyclic amines) is 1. The van der Waals surface area contributed by atoms with E-state index in [-0.39, 0.29) is 6.61 Å². The molecule has 1 aromatic carbocycles. The summed E-state index contributed by atoms with van der Waals surface area (Å²) in [5, 5.41) is 8.83. The van der Waals surface area contributed by atoms with Crippen molar-refractivity contribution in [2.75, 3.05) is 26.8 Å². The van der Waals surface area contributed by atoms with Gasteiger partial charge in [-0.1, -0.05) is 30.7 Å². The third-order valence-corrected chi connectivity index (χ3v) is 3.83. The molecular formula is C18H25NO2. The Balaban J connectivity index is 2.09. The lowest BCUT2D eigenvalue weighted by atomic mass is 10.1. The normalized spacial score (nSPS) is 15.9.